The van der Waals surface area contributed by atoms with Gasteiger partial charge in [-0.15, -0.1) is 0 Å². The molecule has 0 bridgehead atoms. The Balaban J connectivity index is 2.86. The van der Waals surface area contributed by atoms with E-state index in [1.807, 2.05) is 13.0 Å². The molecule has 1 amide bonds. The van der Waals surface area contributed by atoms with Gasteiger partial charge in [-0.25, -0.2) is 0 Å². The minimum atomic E-state index is -0.0590. The highest BCUT2D eigenvalue weighted by atomic mass is 79.9. The maximum Gasteiger partial charge on any atom is 0.224 e. The molecular weight excluding hydrogens is 256 g/mol. The van der Waals surface area contributed by atoms with Crippen LogP contribution >= 0.6 is 15.9 Å². The maximum atomic E-state index is 11.3. The summed E-state index contributed by atoms with van der Waals surface area (Å²) in [5.74, 6) is -0.0590. The molecule has 0 saturated carbocycles. The van der Waals surface area contributed by atoms with Crippen molar-refractivity contribution >= 4 is 27.5 Å². The number of anilines is 1. The number of benzene rings is 1. The van der Waals surface area contributed by atoms with Crippen LogP contribution in [0.4, 0.5) is 5.69 Å². The molecule has 1 aromatic carbocycles. The molecule has 0 aliphatic carbocycles. The van der Waals surface area contributed by atoms with Gasteiger partial charge in [-0.3, -0.25) is 4.79 Å². The van der Waals surface area contributed by atoms with Crippen LogP contribution in [0.1, 0.15) is 25.3 Å². The molecule has 3 nitrogen and oxygen atoms in total. The average molecular weight is 267 g/mol. The lowest BCUT2D eigenvalue weighted by Crippen LogP contribution is -2.11. The predicted molar refractivity (Wildman–Crippen MR) is 62.4 cm³/mol. The van der Waals surface area contributed by atoms with Gasteiger partial charge in [0.1, 0.15) is 6.07 Å². The van der Waals surface area contributed by atoms with Crippen molar-refractivity contribution in [2.75, 3.05) is 5.32 Å². The van der Waals surface area contributed by atoms with E-state index in [2.05, 4.69) is 21.2 Å². The molecule has 0 saturated heterocycles. The van der Waals surface area contributed by atoms with Crippen molar-refractivity contribution < 1.29 is 4.79 Å². The van der Waals surface area contributed by atoms with Crippen LogP contribution in [-0.4, -0.2) is 5.91 Å². The summed E-state index contributed by atoms with van der Waals surface area (Å²) < 4.78 is 0.826. The van der Waals surface area contributed by atoms with Gasteiger partial charge in [0.25, 0.3) is 0 Å². The van der Waals surface area contributed by atoms with Crippen LogP contribution in [0.5, 0.6) is 0 Å². The van der Waals surface area contributed by atoms with E-state index in [9.17, 15) is 4.79 Å². The summed E-state index contributed by atoms with van der Waals surface area (Å²) in [5, 5.41) is 11.6. The number of nitrogens with one attached hydrogen (secondary N) is 1. The summed E-state index contributed by atoms with van der Waals surface area (Å²) in [6, 6.07) is 7.23. The third-order valence-corrected chi connectivity index (χ3v) is 2.35. The number of carbonyl (C=O) groups excluding carboxylic acids is 1. The van der Waals surface area contributed by atoms with Crippen molar-refractivity contribution in [2.45, 2.75) is 19.8 Å². The van der Waals surface area contributed by atoms with Gasteiger partial charge >= 0.3 is 0 Å². The third-order valence-electron chi connectivity index (χ3n) is 1.85. The summed E-state index contributed by atoms with van der Waals surface area (Å²) in [7, 11) is 0. The van der Waals surface area contributed by atoms with Gasteiger partial charge in [-0.2, -0.15) is 5.26 Å². The van der Waals surface area contributed by atoms with Crippen molar-refractivity contribution in [2.24, 2.45) is 0 Å². The van der Waals surface area contributed by atoms with E-state index in [1.54, 1.807) is 18.2 Å². The molecule has 15 heavy (non-hydrogen) atoms. The summed E-state index contributed by atoms with van der Waals surface area (Å²) >= 11 is 3.27. The second-order valence-electron chi connectivity index (χ2n) is 3.10. The highest BCUT2D eigenvalue weighted by Crippen LogP contribution is 2.20. The molecule has 0 atom stereocenters. The summed E-state index contributed by atoms with van der Waals surface area (Å²) in [6.45, 7) is 1.94. The van der Waals surface area contributed by atoms with Crippen molar-refractivity contribution in [3.8, 4) is 6.07 Å². The molecule has 0 aromatic heterocycles. The standard InChI is InChI=1S/C11H11BrN2O/c1-2-3-11(15)14-10-5-4-9(12)6-8(10)7-13/h4-6H,2-3H2,1H3,(H,14,15). The normalized spacial score (nSPS) is 9.40. The Morgan fingerprint density at radius 1 is 1.60 bits per heavy atom. The maximum absolute atomic E-state index is 11.3. The zero-order valence-electron chi connectivity index (χ0n) is 8.38. The molecule has 0 unspecified atom stereocenters. The molecule has 0 heterocycles. The lowest BCUT2D eigenvalue weighted by molar-refractivity contribution is -0.116. The van der Waals surface area contributed by atoms with Gasteiger partial charge in [0, 0.05) is 10.9 Å². The molecule has 1 rings (SSSR count). The Morgan fingerprint density at radius 3 is 2.93 bits per heavy atom. The first kappa shape index (κ1) is 11.7. The fourth-order valence-electron chi connectivity index (χ4n) is 1.16. The quantitative estimate of drug-likeness (QED) is 0.914. The van der Waals surface area contributed by atoms with Crippen molar-refractivity contribution in [3.63, 3.8) is 0 Å². The van der Waals surface area contributed by atoms with Gasteiger partial charge in [-0.1, -0.05) is 22.9 Å². The molecule has 0 aliphatic heterocycles. The van der Waals surface area contributed by atoms with Crippen LogP contribution in [0.3, 0.4) is 0 Å². The minimum absolute atomic E-state index is 0.0590. The predicted octanol–water partition coefficient (Wildman–Crippen LogP) is 3.06. The Kier molecular flexibility index (Phi) is 4.32. The molecule has 0 spiro atoms. The molecule has 0 radical (unpaired) electrons. The van der Waals surface area contributed by atoms with Crippen LogP contribution in [0.15, 0.2) is 22.7 Å². The van der Waals surface area contributed by atoms with Gasteiger partial charge in [0.05, 0.1) is 11.3 Å². The Hall–Kier alpha value is -1.34. The van der Waals surface area contributed by atoms with Crippen LogP contribution in [0.25, 0.3) is 0 Å². The third kappa shape index (κ3) is 3.37. The molecular formula is C11H11BrN2O. The van der Waals surface area contributed by atoms with Gasteiger partial charge < -0.3 is 5.32 Å². The van der Waals surface area contributed by atoms with Crippen molar-refractivity contribution in [1.82, 2.24) is 0 Å². The van der Waals surface area contributed by atoms with Crippen LogP contribution in [-0.2, 0) is 4.79 Å². The average Bonchev–Trinajstić information content (AvgIpc) is 2.21. The van der Waals surface area contributed by atoms with E-state index in [-0.39, 0.29) is 5.91 Å². The second-order valence-corrected chi connectivity index (χ2v) is 4.02. The first-order valence-electron chi connectivity index (χ1n) is 4.67. The number of rotatable bonds is 3. The fraction of sp³-hybridized carbons (Fsp3) is 0.273. The van der Waals surface area contributed by atoms with Crippen molar-refractivity contribution in [3.05, 3.63) is 28.2 Å². The van der Waals surface area contributed by atoms with Gasteiger partial charge in [0.2, 0.25) is 5.91 Å². The molecule has 4 heteroatoms. The van der Waals surface area contributed by atoms with E-state index in [0.29, 0.717) is 17.7 Å². The van der Waals surface area contributed by atoms with E-state index < -0.39 is 0 Å². The summed E-state index contributed by atoms with van der Waals surface area (Å²) in [4.78, 5) is 11.3. The Morgan fingerprint density at radius 2 is 2.33 bits per heavy atom. The largest absolute Gasteiger partial charge is 0.325 e. The lowest BCUT2D eigenvalue weighted by atomic mass is 10.2. The zero-order valence-corrected chi connectivity index (χ0v) is 9.97. The number of amides is 1. The van der Waals surface area contributed by atoms with Crippen LogP contribution in [0, 0.1) is 11.3 Å². The van der Waals surface area contributed by atoms with E-state index in [0.717, 1.165) is 10.9 Å². The topological polar surface area (TPSA) is 52.9 Å². The lowest BCUT2D eigenvalue weighted by Gasteiger charge is -2.06. The summed E-state index contributed by atoms with van der Waals surface area (Å²) in [6.07, 6.45) is 1.27. The molecule has 78 valence electrons. The van der Waals surface area contributed by atoms with Crippen molar-refractivity contribution in [1.29, 1.82) is 5.26 Å². The number of nitrogens with zero attached hydrogens (tertiary/aromatic N) is 1. The smallest absolute Gasteiger partial charge is 0.224 e. The van der Waals surface area contributed by atoms with Crippen LogP contribution < -0.4 is 5.32 Å². The Bertz CT molecular complexity index is 410. The number of carbonyl (C=O) groups is 1. The SMILES string of the molecule is CCCC(=O)Nc1ccc(Br)cc1C#N. The van der Waals surface area contributed by atoms with Crippen LogP contribution in [0.2, 0.25) is 0 Å². The first-order chi connectivity index (χ1) is 7.17. The van der Waals surface area contributed by atoms with E-state index >= 15 is 0 Å². The highest BCUT2D eigenvalue weighted by molar-refractivity contribution is 9.10. The number of hydrogen-bond donors (Lipinski definition) is 1. The molecule has 1 N–H and O–H groups in total. The number of hydrogen-bond acceptors (Lipinski definition) is 2. The van der Waals surface area contributed by atoms with Gasteiger partial charge in [-0.05, 0) is 24.6 Å². The molecule has 0 aliphatic rings. The monoisotopic (exact) mass is 266 g/mol. The van der Waals surface area contributed by atoms with E-state index in [1.165, 1.54) is 0 Å². The second kappa shape index (κ2) is 5.52. The number of nitriles is 1. The number of halogens is 1. The Labute approximate surface area is 97.2 Å². The highest BCUT2D eigenvalue weighted by Gasteiger charge is 2.05. The molecule has 0 fully saturated rings. The van der Waals surface area contributed by atoms with E-state index in [4.69, 9.17) is 5.26 Å². The fourth-order valence-corrected chi connectivity index (χ4v) is 1.52. The molecule has 1 aromatic rings. The van der Waals surface area contributed by atoms with Gasteiger partial charge in [0.15, 0.2) is 0 Å². The summed E-state index contributed by atoms with van der Waals surface area (Å²) in [5.41, 5.74) is 1.04. The zero-order chi connectivity index (χ0) is 11.3. The first-order valence-corrected chi connectivity index (χ1v) is 5.46. The minimum Gasteiger partial charge on any atom is -0.325 e.